The van der Waals surface area contributed by atoms with Gasteiger partial charge in [-0.1, -0.05) is 0 Å². The van der Waals surface area contributed by atoms with Crippen molar-refractivity contribution in [3.05, 3.63) is 0 Å². The number of aliphatic carboxylic acids is 1. The molecule has 1 aliphatic heterocycles. The zero-order valence-corrected chi connectivity index (χ0v) is 9.95. The number of nitrogens with one attached hydrogen (secondary N) is 2. The van der Waals surface area contributed by atoms with E-state index in [-0.39, 0.29) is 6.42 Å². The summed E-state index contributed by atoms with van der Waals surface area (Å²) in [5.74, 6) is -4.50. The molecule has 3 atom stereocenters. The van der Waals surface area contributed by atoms with Crippen molar-refractivity contribution in [2.45, 2.75) is 38.0 Å². The average molecular weight is 282 g/mol. The number of alkyl halides is 3. The van der Waals surface area contributed by atoms with E-state index in [1.54, 1.807) is 5.32 Å². The first-order valence-electron chi connectivity index (χ1n) is 5.53. The van der Waals surface area contributed by atoms with Crippen molar-refractivity contribution < 1.29 is 32.7 Å². The highest BCUT2D eigenvalue weighted by molar-refractivity contribution is 6.01. The number of carbonyl (C=O) groups excluding carboxylic acids is 2. The van der Waals surface area contributed by atoms with Crippen LogP contribution in [0.3, 0.4) is 0 Å². The molecule has 3 N–H and O–H groups in total. The summed E-state index contributed by atoms with van der Waals surface area (Å²) in [4.78, 5) is 33.5. The number of carboxylic acids is 1. The topological polar surface area (TPSA) is 95.5 Å². The van der Waals surface area contributed by atoms with E-state index in [2.05, 4.69) is 5.32 Å². The summed E-state index contributed by atoms with van der Waals surface area (Å²) in [5, 5.41) is 12.3. The molecule has 0 bridgehead atoms. The van der Waals surface area contributed by atoms with Gasteiger partial charge in [-0.25, -0.2) is 0 Å². The van der Waals surface area contributed by atoms with Crippen LogP contribution in [0.15, 0.2) is 0 Å². The molecular formula is C10H13F3N2O4. The third-order valence-corrected chi connectivity index (χ3v) is 2.82. The van der Waals surface area contributed by atoms with Crippen molar-refractivity contribution in [2.75, 3.05) is 0 Å². The number of hydrogen-bond acceptors (Lipinski definition) is 3. The molecule has 0 aliphatic carbocycles. The van der Waals surface area contributed by atoms with E-state index in [0.717, 1.165) is 0 Å². The minimum atomic E-state index is -4.55. The minimum Gasteiger partial charge on any atom is -0.480 e. The molecule has 0 aromatic rings. The Bertz CT molecular complexity index is 397. The van der Waals surface area contributed by atoms with Crippen LogP contribution < -0.4 is 10.6 Å². The molecule has 108 valence electrons. The van der Waals surface area contributed by atoms with Crippen molar-refractivity contribution in [1.29, 1.82) is 0 Å². The number of hydrogen-bond donors (Lipinski definition) is 3. The largest absolute Gasteiger partial charge is 0.480 e. The van der Waals surface area contributed by atoms with Gasteiger partial charge in [-0.15, -0.1) is 0 Å². The summed E-state index contributed by atoms with van der Waals surface area (Å²) in [6.07, 6.45) is -5.23. The minimum absolute atomic E-state index is 0.270. The van der Waals surface area contributed by atoms with Crippen LogP contribution in [0.1, 0.15) is 19.8 Å². The molecule has 1 heterocycles. The Kier molecular flexibility index (Phi) is 4.38. The van der Waals surface area contributed by atoms with E-state index in [1.165, 1.54) is 6.92 Å². The number of piperidine rings is 1. The fourth-order valence-corrected chi connectivity index (χ4v) is 1.68. The van der Waals surface area contributed by atoms with Gasteiger partial charge >= 0.3 is 12.1 Å². The molecule has 0 aromatic heterocycles. The molecule has 1 rings (SSSR count). The van der Waals surface area contributed by atoms with Crippen LogP contribution in [0, 0.1) is 5.92 Å². The van der Waals surface area contributed by atoms with Gasteiger partial charge in [-0.05, 0) is 19.8 Å². The lowest BCUT2D eigenvalue weighted by Crippen LogP contribution is -2.55. The predicted octanol–water partition coefficient (Wildman–Crippen LogP) is 0.0328. The van der Waals surface area contributed by atoms with E-state index >= 15 is 0 Å². The molecule has 1 fully saturated rings. The molecule has 2 amide bonds. The van der Waals surface area contributed by atoms with E-state index < -0.39 is 48.4 Å². The number of halogens is 3. The van der Waals surface area contributed by atoms with Crippen molar-refractivity contribution in [3.63, 3.8) is 0 Å². The van der Waals surface area contributed by atoms with Crippen LogP contribution in [0.5, 0.6) is 0 Å². The second-order valence-electron chi connectivity index (χ2n) is 4.30. The molecule has 1 aliphatic rings. The highest BCUT2D eigenvalue weighted by Gasteiger charge is 2.46. The van der Waals surface area contributed by atoms with E-state index in [9.17, 15) is 27.6 Å². The summed E-state index contributed by atoms with van der Waals surface area (Å²) in [5.41, 5.74) is 0. The Labute approximate surface area is 106 Å². The maximum Gasteiger partial charge on any atom is 0.408 e. The molecular weight excluding hydrogens is 269 g/mol. The van der Waals surface area contributed by atoms with Gasteiger partial charge in [0.15, 0.2) is 0 Å². The second kappa shape index (κ2) is 5.45. The van der Waals surface area contributed by atoms with E-state index in [1.807, 2.05) is 0 Å². The number of carbonyl (C=O) groups is 3. The Morgan fingerprint density at radius 1 is 1.42 bits per heavy atom. The normalized spacial score (nSPS) is 25.4. The van der Waals surface area contributed by atoms with Gasteiger partial charge in [0, 0.05) is 0 Å². The van der Waals surface area contributed by atoms with Crippen molar-refractivity contribution in [2.24, 2.45) is 5.92 Å². The van der Waals surface area contributed by atoms with Gasteiger partial charge in [0.2, 0.25) is 11.8 Å². The standard InChI is InChI=1S/C10H13F3N2O4/c1-4(9(18)19)14-7(16)5-2-3-6(10(11,12)13)15-8(5)17/h4-6H,2-3H2,1H3,(H,14,16)(H,15,17)(H,18,19). The lowest BCUT2D eigenvalue weighted by molar-refractivity contribution is -0.171. The summed E-state index contributed by atoms with van der Waals surface area (Å²) < 4.78 is 37.1. The Morgan fingerprint density at radius 3 is 2.42 bits per heavy atom. The van der Waals surface area contributed by atoms with Crippen LogP contribution >= 0.6 is 0 Å². The maximum atomic E-state index is 12.4. The van der Waals surface area contributed by atoms with E-state index in [4.69, 9.17) is 5.11 Å². The highest BCUT2D eigenvalue weighted by atomic mass is 19.4. The molecule has 0 spiro atoms. The Morgan fingerprint density at radius 2 is 2.00 bits per heavy atom. The molecule has 6 nitrogen and oxygen atoms in total. The monoisotopic (exact) mass is 282 g/mol. The van der Waals surface area contributed by atoms with Gasteiger partial charge in [0.25, 0.3) is 0 Å². The summed E-state index contributed by atoms with van der Waals surface area (Å²) in [6, 6.07) is -3.17. The van der Waals surface area contributed by atoms with Gasteiger partial charge < -0.3 is 15.7 Å². The summed E-state index contributed by atoms with van der Waals surface area (Å²) >= 11 is 0. The molecule has 0 saturated carbocycles. The van der Waals surface area contributed by atoms with Crippen molar-refractivity contribution in [3.8, 4) is 0 Å². The maximum absolute atomic E-state index is 12.4. The Hall–Kier alpha value is -1.80. The zero-order valence-electron chi connectivity index (χ0n) is 9.95. The third-order valence-electron chi connectivity index (χ3n) is 2.82. The van der Waals surface area contributed by atoms with Crippen LogP contribution in [0.25, 0.3) is 0 Å². The number of rotatable bonds is 3. The summed E-state index contributed by atoms with van der Waals surface area (Å²) in [6.45, 7) is 1.19. The quantitative estimate of drug-likeness (QED) is 0.636. The number of amides is 2. The van der Waals surface area contributed by atoms with Crippen LogP contribution in [0.2, 0.25) is 0 Å². The highest BCUT2D eigenvalue weighted by Crippen LogP contribution is 2.28. The predicted molar refractivity (Wildman–Crippen MR) is 56.0 cm³/mol. The van der Waals surface area contributed by atoms with Crippen LogP contribution in [0.4, 0.5) is 13.2 Å². The molecule has 3 unspecified atom stereocenters. The summed E-state index contributed by atoms with van der Waals surface area (Å²) in [7, 11) is 0. The SMILES string of the molecule is CC(NC(=O)C1CCC(C(F)(F)F)NC1=O)C(=O)O. The molecule has 0 aromatic carbocycles. The van der Waals surface area contributed by atoms with Gasteiger partial charge in [0.1, 0.15) is 18.0 Å². The van der Waals surface area contributed by atoms with Crippen molar-refractivity contribution >= 4 is 17.8 Å². The lowest BCUT2D eigenvalue weighted by atomic mass is 9.92. The zero-order chi connectivity index (χ0) is 14.8. The molecule has 0 radical (unpaired) electrons. The number of carboxylic acid groups (broad SMARTS) is 1. The van der Waals surface area contributed by atoms with E-state index in [0.29, 0.717) is 0 Å². The lowest BCUT2D eigenvalue weighted by Gasteiger charge is -2.30. The molecule has 19 heavy (non-hydrogen) atoms. The molecule has 1 saturated heterocycles. The van der Waals surface area contributed by atoms with Gasteiger partial charge in [0.05, 0.1) is 0 Å². The Balaban J connectivity index is 2.61. The molecule has 9 heteroatoms. The fourth-order valence-electron chi connectivity index (χ4n) is 1.68. The average Bonchev–Trinajstić information content (AvgIpc) is 2.27. The van der Waals surface area contributed by atoms with Crippen LogP contribution in [-0.2, 0) is 14.4 Å². The van der Waals surface area contributed by atoms with Crippen molar-refractivity contribution in [1.82, 2.24) is 10.6 Å². The first kappa shape index (κ1) is 15.3. The van der Waals surface area contributed by atoms with Gasteiger partial charge in [-0.2, -0.15) is 13.2 Å². The smallest absolute Gasteiger partial charge is 0.408 e. The second-order valence-corrected chi connectivity index (χ2v) is 4.30. The van der Waals surface area contributed by atoms with Crippen LogP contribution in [-0.4, -0.2) is 41.2 Å². The first-order chi connectivity index (χ1) is 8.62. The van der Waals surface area contributed by atoms with Gasteiger partial charge in [-0.3, -0.25) is 14.4 Å². The first-order valence-corrected chi connectivity index (χ1v) is 5.53. The third kappa shape index (κ3) is 3.83. The fraction of sp³-hybridized carbons (Fsp3) is 0.700.